The minimum atomic E-state index is -3.24. The lowest BCUT2D eigenvalue weighted by molar-refractivity contribution is -0.0938. The molecular weight excluding hydrogens is 242 g/mol. The molecule has 1 N–H and O–H groups in total. The molecule has 5 nitrogen and oxygen atoms in total. The van der Waals surface area contributed by atoms with Gasteiger partial charge in [-0.05, 0) is 18.8 Å². The van der Waals surface area contributed by atoms with Crippen LogP contribution in [0.25, 0.3) is 0 Å². The van der Waals surface area contributed by atoms with Gasteiger partial charge in [-0.25, -0.2) is 8.42 Å². The van der Waals surface area contributed by atoms with E-state index < -0.39 is 15.6 Å². The first-order valence-electron chi connectivity index (χ1n) is 6.15. The fourth-order valence-corrected chi connectivity index (χ4v) is 4.31. The van der Waals surface area contributed by atoms with Crippen LogP contribution < -0.4 is 0 Å². The van der Waals surface area contributed by atoms with Gasteiger partial charge in [-0.2, -0.15) is 4.31 Å². The molecule has 0 unspecified atom stereocenters. The second-order valence-electron chi connectivity index (χ2n) is 5.38. The first-order chi connectivity index (χ1) is 7.86. The van der Waals surface area contributed by atoms with Gasteiger partial charge in [-0.1, -0.05) is 13.8 Å². The van der Waals surface area contributed by atoms with Crippen molar-refractivity contribution < 1.29 is 18.3 Å². The monoisotopic (exact) mass is 263 g/mol. The summed E-state index contributed by atoms with van der Waals surface area (Å²) in [6.07, 6.45) is 1.14. The number of aliphatic hydroxyl groups is 1. The second kappa shape index (κ2) is 4.50. The molecule has 17 heavy (non-hydrogen) atoms. The molecular formula is C11H21NO4S. The Morgan fingerprint density at radius 2 is 1.82 bits per heavy atom. The molecule has 0 spiro atoms. The molecule has 2 saturated heterocycles. The molecule has 0 saturated carbocycles. The van der Waals surface area contributed by atoms with Gasteiger partial charge in [0.2, 0.25) is 10.0 Å². The van der Waals surface area contributed by atoms with E-state index in [4.69, 9.17) is 4.74 Å². The molecule has 0 aliphatic carbocycles. The highest BCUT2D eigenvalue weighted by molar-refractivity contribution is 7.89. The van der Waals surface area contributed by atoms with Crippen LogP contribution in [0.15, 0.2) is 0 Å². The maximum atomic E-state index is 12.2. The number of sulfonamides is 1. The highest BCUT2D eigenvalue weighted by Gasteiger charge is 2.50. The van der Waals surface area contributed by atoms with Gasteiger partial charge < -0.3 is 9.84 Å². The maximum Gasteiger partial charge on any atom is 0.217 e. The fourth-order valence-electron chi connectivity index (χ4n) is 2.29. The molecule has 0 radical (unpaired) electrons. The molecule has 0 amide bonds. The molecule has 2 aliphatic rings. The average Bonchev–Trinajstić information content (AvgIpc) is 2.25. The Hall–Kier alpha value is -0.170. The Morgan fingerprint density at radius 1 is 1.29 bits per heavy atom. The highest BCUT2D eigenvalue weighted by Crippen LogP contribution is 2.33. The largest absolute Gasteiger partial charge is 0.387 e. The third-order valence-corrected chi connectivity index (χ3v) is 6.22. The summed E-state index contributed by atoms with van der Waals surface area (Å²) in [6.45, 7) is 5.35. The van der Waals surface area contributed by atoms with Crippen molar-refractivity contribution in [2.45, 2.75) is 37.5 Å². The Morgan fingerprint density at radius 3 is 2.29 bits per heavy atom. The summed E-state index contributed by atoms with van der Waals surface area (Å²) in [5.41, 5.74) is -0.835. The fraction of sp³-hybridized carbons (Fsp3) is 1.00. The Labute approximate surface area is 103 Å². The van der Waals surface area contributed by atoms with E-state index in [0.717, 1.165) is 0 Å². The summed E-state index contributed by atoms with van der Waals surface area (Å²) in [4.78, 5) is 0. The predicted octanol–water partition coefficient (Wildman–Crippen LogP) is 0.198. The van der Waals surface area contributed by atoms with Crippen molar-refractivity contribution in [3.8, 4) is 0 Å². The molecule has 6 heteroatoms. The summed E-state index contributed by atoms with van der Waals surface area (Å²) in [6, 6.07) is 0. The zero-order chi connectivity index (χ0) is 12.7. The number of β-amino-alcohol motifs (C(OH)–C–C–N with tert-alkyl or cyclic N) is 1. The van der Waals surface area contributed by atoms with Crippen molar-refractivity contribution >= 4 is 10.0 Å². The number of hydrogen-bond acceptors (Lipinski definition) is 4. The topological polar surface area (TPSA) is 66.8 Å². The third kappa shape index (κ3) is 2.36. The molecule has 2 aliphatic heterocycles. The smallest absolute Gasteiger partial charge is 0.217 e. The standard InChI is InChI=1S/C11H21NO4S/c1-9(2)11(13)7-12(8-11)17(14,15)10-3-5-16-6-4-10/h9-10,13H,3-8H2,1-2H3. The quantitative estimate of drug-likeness (QED) is 0.790. The van der Waals surface area contributed by atoms with Crippen LogP contribution in [0.4, 0.5) is 0 Å². The maximum absolute atomic E-state index is 12.2. The van der Waals surface area contributed by atoms with Crippen LogP contribution in [0.3, 0.4) is 0 Å². The van der Waals surface area contributed by atoms with E-state index in [1.54, 1.807) is 0 Å². The van der Waals surface area contributed by atoms with E-state index in [2.05, 4.69) is 0 Å². The number of ether oxygens (including phenoxy) is 1. The summed E-state index contributed by atoms with van der Waals surface area (Å²) in [5.74, 6) is 0.0867. The van der Waals surface area contributed by atoms with E-state index in [1.807, 2.05) is 13.8 Å². The van der Waals surface area contributed by atoms with E-state index in [-0.39, 0.29) is 24.3 Å². The second-order valence-corrected chi connectivity index (χ2v) is 7.60. The van der Waals surface area contributed by atoms with Gasteiger partial charge in [0, 0.05) is 26.3 Å². The summed E-state index contributed by atoms with van der Waals surface area (Å²) in [7, 11) is -3.24. The number of nitrogens with zero attached hydrogens (tertiary/aromatic N) is 1. The zero-order valence-electron chi connectivity index (χ0n) is 10.4. The molecule has 2 rings (SSSR count). The molecule has 0 bridgehead atoms. The van der Waals surface area contributed by atoms with E-state index in [9.17, 15) is 13.5 Å². The first kappa shape index (κ1) is 13.3. The minimum Gasteiger partial charge on any atom is -0.387 e. The van der Waals surface area contributed by atoms with Crippen molar-refractivity contribution in [1.29, 1.82) is 0 Å². The molecule has 0 aromatic carbocycles. The van der Waals surface area contributed by atoms with Crippen molar-refractivity contribution in [3.05, 3.63) is 0 Å². The molecule has 100 valence electrons. The molecule has 0 aromatic rings. The van der Waals surface area contributed by atoms with Gasteiger partial charge in [0.05, 0.1) is 10.9 Å². The predicted molar refractivity (Wildman–Crippen MR) is 64.1 cm³/mol. The van der Waals surface area contributed by atoms with Crippen molar-refractivity contribution in [3.63, 3.8) is 0 Å². The lowest BCUT2D eigenvalue weighted by atomic mass is 9.85. The van der Waals surface area contributed by atoms with Gasteiger partial charge in [0.25, 0.3) is 0 Å². The summed E-state index contributed by atoms with van der Waals surface area (Å²) >= 11 is 0. The van der Waals surface area contributed by atoms with Crippen LogP contribution >= 0.6 is 0 Å². The van der Waals surface area contributed by atoms with Crippen molar-refractivity contribution in [2.24, 2.45) is 5.92 Å². The first-order valence-corrected chi connectivity index (χ1v) is 7.66. The average molecular weight is 263 g/mol. The number of hydrogen-bond donors (Lipinski definition) is 1. The van der Waals surface area contributed by atoms with Crippen LogP contribution in [0.5, 0.6) is 0 Å². The lowest BCUT2D eigenvalue weighted by Crippen LogP contribution is -2.67. The number of rotatable bonds is 3. The van der Waals surface area contributed by atoms with Crippen molar-refractivity contribution in [2.75, 3.05) is 26.3 Å². The Kier molecular flexibility index (Phi) is 3.51. The molecule has 2 fully saturated rings. The third-order valence-electron chi connectivity index (χ3n) is 3.92. The molecule has 0 atom stereocenters. The Bertz CT molecular complexity index is 367. The van der Waals surface area contributed by atoms with Gasteiger partial charge in [-0.3, -0.25) is 0 Å². The zero-order valence-corrected chi connectivity index (χ0v) is 11.2. The normalized spacial score (nSPS) is 27.1. The lowest BCUT2D eigenvalue weighted by Gasteiger charge is -2.49. The SMILES string of the molecule is CC(C)C1(O)CN(S(=O)(=O)C2CCOCC2)C1. The van der Waals surface area contributed by atoms with Gasteiger partial charge in [-0.15, -0.1) is 0 Å². The van der Waals surface area contributed by atoms with E-state index in [0.29, 0.717) is 26.1 Å². The van der Waals surface area contributed by atoms with Gasteiger partial charge in [0.15, 0.2) is 0 Å². The van der Waals surface area contributed by atoms with E-state index in [1.165, 1.54) is 4.31 Å². The minimum absolute atomic E-state index is 0.0867. The van der Waals surface area contributed by atoms with Crippen LogP contribution in [0, 0.1) is 5.92 Å². The van der Waals surface area contributed by atoms with Crippen molar-refractivity contribution in [1.82, 2.24) is 4.31 Å². The van der Waals surface area contributed by atoms with Crippen LogP contribution in [-0.2, 0) is 14.8 Å². The molecule has 2 heterocycles. The van der Waals surface area contributed by atoms with Crippen LogP contribution in [-0.4, -0.2) is 55.0 Å². The highest BCUT2D eigenvalue weighted by atomic mass is 32.2. The van der Waals surface area contributed by atoms with Crippen LogP contribution in [0.1, 0.15) is 26.7 Å². The van der Waals surface area contributed by atoms with E-state index >= 15 is 0 Å². The van der Waals surface area contributed by atoms with Gasteiger partial charge >= 0.3 is 0 Å². The van der Waals surface area contributed by atoms with Crippen LogP contribution in [0.2, 0.25) is 0 Å². The summed E-state index contributed by atoms with van der Waals surface area (Å²) in [5, 5.41) is 9.76. The molecule has 0 aromatic heterocycles. The summed E-state index contributed by atoms with van der Waals surface area (Å²) < 4.78 is 31.1. The Balaban J connectivity index is 1.99. The van der Waals surface area contributed by atoms with Gasteiger partial charge in [0.1, 0.15) is 0 Å².